The molecule has 0 radical (unpaired) electrons. The fourth-order valence-corrected chi connectivity index (χ4v) is 2.80. The molecule has 0 aromatic heterocycles. The molecule has 0 saturated heterocycles. The fraction of sp³-hybridized carbons (Fsp3) is 0.625. The average molecular weight is 231 g/mol. The Kier molecular flexibility index (Phi) is 4.47. The van der Waals surface area contributed by atoms with Crippen LogP contribution in [-0.2, 0) is 0 Å². The van der Waals surface area contributed by atoms with E-state index in [1.165, 1.54) is 61.8 Å². The van der Waals surface area contributed by atoms with E-state index in [0.717, 1.165) is 0 Å². The van der Waals surface area contributed by atoms with Crippen molar-refractivity contribution < 1.29 is 0 Å². The summed E-state index contributed by atoms with van der Waals surface area (Å²) >= 11 is 0. The first-order valence-corrected chi connectivity index (χ1v) is 7.09. The molecule has 1 N–H and O–H groups in total. The van der Waals surface area contributed by atoms with Crippen LogP contribution in [0.25, 0.3) is 0 Å². The maximum Gasteiger partial charge on any atom is 0.0372 e. The molecule has 1 nitrogen and oxygen atoms in total. The van der Waals surface area contributed by atoms with Crippen LogP contribution >= 0.6 is 0 Å². The minimum absolute atomic E-state index is 0.691. The molecule has 0 amide bonds. The van der Waals surface area contributed by atoms with E-state index in [0.29, 0.717) is 6.04 Å². The first-order chi connectivity index (χ1) is 8.25. The summed E-state index contributed by atoms with van der Waals surface area (Å²) < 4.78 is 0. The van der Waals surface area contributed by atoms with Crippen LogP contribution < -0.4 is 5.32 Å². The van der Waals surface area contributed by atoms with Gasteiger partial charge < -0.3 is 5.32 Å². The van der Waals surface area contributed by atoms with Crippen molar-refractivity contribution in [2.75, 3.05) is 5.32 Å². The van der Waals surface area contributed by atoms with Crippen LogP contribution in [0.15, 0.2) is 18.2 Å². The second-order valence-corrected chi connectivity index (χ2v) is 5.50. The zero-order valence-electron chi connectivity index (χ0n) is 11.3. The molecule has 2 rings (SSSR count). The van der Waals surface area contributed by atoms with E-state index in [1.807, 2.05) is 0 Å². The fourth-order valence-electron chi connectivity index (χ4n) is 2.80. The number of hydrogen-bond acceptors (Lipinski definition) is 1. The highest BCUT2D eigenvalue weighted by Gasteiger charge is 2.11. The van der Waals surface area contributed by atoms with Crippen LogP contribution in [0.5, 0.6) is 0 Å². The summed E-state index contributed by atoms with van der Waals surface area (Å²) in [6.45, 7) is 4.37. The predicted octanol–water partition coefficient (Wildman–Crippen LogP) is 4.83. The van der Waals surface area contributed by atoms with Gasteiger partial charge in [-0.05, 0) is 38.3 Å². The summed E-state index contributed by atoms with van der Waals surface area (Å²) in [5, 5.41) is 3.74. The van der Waals surface area contributed by atoms with Crippen molar-refractivity contribution >= 4 is 5.69 Å². The Bertz CT molecular complexity index is 349. The highest BCUT2D eigenvalue weighted by molar-refractivity contribution is 5.52. The molecule has 94 valence electrons. The summed E-state index contributed by atoms with van der Waals surface area (Å²) in [6.07, 6.45) is 9.75. The smallest absolute Gasteiger partial charge is 0.0372 e. The monoisotopic (exact) mass is 231 g/mol. The lowest BCUT2D eigenvalue weighted by Crippen LogP contribution is -2.21. The third kappa shape index (κ3) is 3.76. The van der Waals surface area contributed by atoms with Crippen molar-refractivity contribution in [3.05, 3.63) is 29.3 Å². The third-order valence-corrected chi connectivity index (χ3v) is 3.85. The normalized spacial score (nSPS) is 18.5. The lowest BCUT2D eigenvalue weighted by Gasteiger charge is -2.23. The van der Waals surface area contributed by atoms with E-state index < -0.39 is 0 Å². The molecule has 1 fully saturated rings. The Morgan fingerprint density at radius 1 is 0.941 bits per heavy atom. The Hall–Kier alpha value is -0.980. The van der Waals surface area contributed by atoms with Gasteiger partial charge in [-0.3, -0.25) is 0 Å². The van der Waals surface area contributed by atoms with Gasteiger partial charge >= 0.3 is 0 Å². The number of hydrogen-bond donors (Lipinski definition) is 1. The zero-order valence-corrected chi connectivity index (χ0v) is 11.3. The maximum atomic E-state index is 3.74. The maximum absolute atomic E-state index is 3.74. The van der Waals surface area contributed by atoms with Gasteiger partial charge in [-0.1, -0.05) is 49.8 Å². The molecule has 0 unspecified atom stereocenters. The van der Waals surface area contributed by atoms with E-state index in [2.05, 4.69) is 37.4 Å². The summed E-state index contributed by atoms with van der Waals surface area (Å²) in [5.74, 6) is 0. The van der Waals surface area contributed by atoms with E-state index in [9.17, 15) is 0 Å². The number of benzene rings is 1. The van der Waals surface area contributed by atoms with Crippen LogP contribution in [0, 0.1) is 13.8 Å². The first kappa shape index (κ1) is 12.5. The van der Waals surface area contributed by atoms with Gasteiger partial charge in [0.2, 0.25) is 0 Å². The third-order valence-electron chi connectivity index (χ3n) is 3.85. The molecule has 1 saturated carbocycles. The Labute approximate surface area is 106 Å². The van der Waals surface area contributed by atoms with Crippen LogP contribution in [0.2, 0.25) is 0 Å². The van der Waals surface area contributed by atoms with Crippen LogP contribution in [-0.4, -0.2) is 6.04 Å². The summed E-state index contributed by atoms with van der Waals surface area (Å²) in [5.41, 5.74) is 4.07. The highest BCUT2D eigenvalue weighted by Crippen LogP contribution is 2.23. The van der Waals surface area contributed by atoms with E-state index in [1.54, 1.807) is 0 Å². The molecule has 1 aliphatic rings. The van der Waals surface area contributed by atoms with E-state index in [-0.39, 0.29) is 0 Å². The van der Waals surface area contributed by atoms with Gasteiger partial charge in [0, 0.05) is 11.7 Å². The van der Waals surface area contributed by atoms with Gasteiger partial charge in [0.15, 0.2) is 0 Å². The Morgan fingerprint density at radius 2 is 1.59 bits per heavy atom. The minimum atomic E-state index is 0.691. The van der Waals surface area contributed by atoms with Crippen molar-refractivity contribution in [1.29, 1.82) is 0 Å². The van der Waals surface area contributed by atoms with Gasteiger partial charge in [-0.15, -0.1) is 0 Å². The predicted molar refractivity (Wildman–Crippen MR) is 75.6 cm³/mol. The topological polar surface area (TPSA) is 12.0 Å². The average Bonchev–Trinajstić information content (AvgIpc) is 2.25. The molecule has 0 aliphatic heterocycles. The first-order valence-electron chi connectivity index (χ1n) is 7.09. The molecular weight excluding hydrogens is 206 g/mol. The Balaban J connectivity index is 1.98. The van der Waals surface area contributed by atoms with Crippen molar-refractivity contribution in [1.82, 2.24) is 0 Å². The molecule has 1 aliphatic carbocycles. The zero-order chi connectivity index (χ0) is 12.1. The van der Waals surface area contributed by atoms with Gasteiger partial charge in [0.05, 0.1) is 0 Å². The SMILES string of the molecule is Cc1ccc(NC2CCCCCCC2)c(C)c1. The van der Waals surface area contributed by atoms with E-state index in [4.69, 9.17) is 0 Å². The molecular formula is C16H25N. The lowest BCUT2D eigenvalue weighted by atomic mass is 9.96. The molecule has 0 bridgehead atoms. The molecule has 0 atom stereocenters. The molecule has 0 heterocycles. The highest BCUT2D eigenvalue weighted by atomic mass is 14.9. The van der Waals surface area contributed by atoms with Gasteiger partial charge in [-0.2, -0.15) is 0 Å². The molecule has 1 aromatic carbocycles. The second-order valence-electron chi connectivity index (χ2n) is 5.50. The Morgan fingerprint density at radius 3 is 2.24 bits per heavy atom. The van der Waals surface area contributed by atoms with Crippen molar-refractivity contribution in [3.8, 4) is 0 Å². The standard InChI is InChI=1S/C16H25N/c1-13-10-11-16(14(2)12-13)17-15-8-6-4-3-5-7-9-15/h10-12,15,17H,3-9H2,1-2H3. The number of nitrogens with one attached hydrogen (secondary N) is 1. The molecule has 17 heavy (non-hydrogen) atoms. The van der Waals surface area contributed by atoms with Gasteiger partial charge in [-0.25, -0.2) is 0 Å². The summed E-state index contributed by atoms with van der Waals surface area (Å²) in [6, 6.07) is 7.41. The number of aryl methyl sites for hydroxylation is 2. The van der Waals surface area contributed by atoms with Crippen LogP contribution in [0.1, 0.15) is 56.1 Å². The second kappa shape index (κ2) is 6.09. The van der Waals surface area contributed by atoms with Gasteiger partial charge in [0.1, 0.15) is 0 Å². The molecule has 1 heteroatoms. The van der Waals surface area contributed by atoms with Crippen molar-refractivity contribution in [3.63, 3.8) is 0 Å². The largest absolute Gasteiger partial charge is 0.382 e. The molecule has 0 spiro atoms. The van der Waals surface area contributed by atoms with Crippen molar-refractivity contribution in [2.24, 2.45) is 0 Å². The van der Waals surface area contributed by atoms with E-state index >= 15 is 0 Å². The van der Waals surface area contributed by atoms with Gasteiger partial charge in [0.25, 0.3) is 0 Å². The quantitative estimate of drug-likeness (QED) is 0.769. The minimum Gasteiger partial charge on any atom is -0.382 e. The van der Waals surface area contributed by atoms with Crippen molar-refractivity contribution in [2.45, 2.75) is 64.8 Å². The summed E-state index contributed by atoms with van der Waals surface area (Å²) in [7, 11) is 0. The van der Waals surface area contributed by atoms with Crippen LogP contribution in [0.4, 0.5) is 5.69 Å². The number of rotatable bonds is 2. The van der Waals surface area contributed by atoms with Crippen LogP contribution in [0.3, 0.4) is 0 Å². The number of anilines is 1. The lowest BCUT2D eigenvalue weighted by molar-refractivity contribution is 0.471. The summed E-state index contributed by atoms with van der Waals surface area (Å²) in [4.78, 5) is 0. The molecule has 1 aromatic rings.